The summed E-state index contributed by atoms with van der Waals surface area (Å²) in [5.41, 5.74) is 1.22. The fraction of sp³-hybridized carbons (Fsp3) is 0.348. The second-order valence-electron chi connectivity index (χ2n) is 7.55. The van der Waals surface area contributed by atoms with Crippen molar-refractivity contribution in [2.45, 2.75) is 25.9 Å². The van der Waals surface area contributed by atoms with Gasteiger partial charge in [-0.05, 0) is 24.3 Å². The van der Waals surface area contributed by atoms with Crippen LogP contribution in [0.1, 0.15) is 19.8 Å². The summed E-state index contributed by atoms with van der Waals surface area (Å²) >= 11 is 5.91. The maximum atomic E-state index is 13.5. The van der Waals surface area contributed by atoms with E-state index in [1.165, 1.54) is 25.4 Å². The molecule has 174 valence electrons. The lowest BCUT2D eigenvalue weighted by Gasteiger charge is -2.25. The van der Waals surface area contributed by atoms with Crippen molar-refractivity contribution in [1.82, 2.24) is 15.3 Å². The van der Waals surface area contributed by atoms with E-state index in [1.54, 1.807) is 12.1 Å². The normalized spacial score (nSPS) is 14.2. The number of carbonyl (C=O) groups excluding carboxylic acids is 1. The first-order chi connectivity index (χ1) is 16.0. The number of nitrogens with one attached hydrogen (secondary N) is 2. The van der Waals surface area contributed by atoms with Crippen molar-refractivity contribution in [1.29, 1.82) is 0 Å². The second-order valence-corrected chi connectivity index (χ2v) is 7.96. The Labute approximate surface area is 195 Å². The van der Waals surface area contributed by atoms with Crippen molar-refractivity contribution < 1.29 is 23.4 Å². The molecule has 1 saturated heterocycles. The molecule has 0 aliphatic carbocycles. The van der Waals surface area contributed by atoms with Crippen LogP contribution in [-0.2, 0) is 9.53 Å². The van der Waals surface area contributed by atoms with Crippen LogP contribution in [0.5, 0.6) is 11.5 Å². The van der Waals surface area contributed by atoms with E-state index in [0.29, 0.717) is 53.7 Å². The Kier molecular flexibility index (Phi) is 7.41. The van der Waals surface area contributed by atoms with Crippen LogP contribution in [0.25, 0.3) is 10.9 Å². The Morgan fingerprint density at radius 1 is 1.21 bits per heavy atom. The summed E-state index contributed by atoms with van der Waals surface area (Å²) in [6, 6.07) is 7.96. The standard InChI is InChI=1S/C23H24ClFN4O4/c1-14(30)26-6-9-32-21-12-20-17(11-22(21)33-16-4-7-31-8-5-16)23(28-13-27-20)29-15-2-3-19(25)18(24)10-15/h2-3,10-13,16H,4-9H2,1H3,(H,26,30)(H,27,28,29). The Hall–Kier alpha value is -3.17. The molecule has 2 heterocycles. The molecule has 2 N–H and O–H groups in total. The van der Waals surface area contributed by atoms with Gasteiger partial charge < -0.3 is 24.8 Å². The van der Waals surface area contributed by atoms with Crippen molar-refractivity contribution in [3.05, 3.63) is 47.5 Å². The minimum absolute atomic E-state index is 0.00848. The third-order valence-electron chi connectivity index (χ3n) is 5.08. The molecule has 1 amide bonds. The molecule has 1 aromatic heterocycles. The topological polar surface area (TPSA) is 94.6 Å². The first-order valence-corrected chi connectivity index (χ1v) is 11.0. The van der Waals surface area contributed by atoms with Gasteiger partial charge in [-0.25, -0.2) is 14.4 Å². The molecule has 0 saturated carbocycles. The molecule has 3 aromatic rings. The zero-order chi connectivity index (χ0) is 23.2. The number of hydrogen-bond acceptors (Lipinski definition) is 7. The van der Waals surface area contributed by atoms with E-state index in [-0.39, 0.29) is 23.6 Å². The Balaban J connectivity index is 1.65. The van der Waals surface area contributed by atoms with Gasteiger partial charge in [-0.1, -0.05) is 11.6 Å². The number of halogens is 2. The van der Waals surface area contributed by atoms with Crippen LogP contribution < -0.4 is 20.1 Å². The van der Waals surface area contributed by atoms with E-state index in [9.17, 15) is 9.18 Å². The van der Waals surface area contributed by atoms with Crippen LogP contribution in [0.2, 0.25) is 5.02 Å². The van der Waals surface area contributed by atoms with Gasteiger partial charge in [0.05, 0.1) is 30.3 Å². The summed E-state index contributed by atoms with van der Waals surface area (Å²) in [5.74, 6) is 0.966. The van der Waals surface area contributed by atoms with Gasteiger partial charge in [0.2, 0.25) is 5.91 Å². The van der Waals surface area contributed by atoms with Crippen LogP contribution in [-0.4, -0.2) is 48.3 Å². The SMILES string of the molecule is CC(=O)NCCOc1cc2ncnc(Nc3ccc(F)c(Cl)c3)c2cc1OC1CCOCC1. The quantitative estimate of drug-likeness (QED) is 0.471. The maximum Gasteiger partial charge on any atom is 0.216 e. The number of hydrogen-bond donors (Lipinski definition) is 2. The number of carbonyl (C=O) groups is 1. The zero-order valence-corrected chi connectivity index (χ0v) is 18.8. The Bertz CT molecular complexity index is 1140. The van der Waals surface area contributed by atoms with Gasteiger partial charge in [-0.15, -0.1) is 0 Å². The Morgan fingerprint density at radius 3 is 2.79 bits per heavy atom. The van der Waals surface area contributed by atoms with Crippen molar-refractivity contribution in [3.8, 4) is 11.5 Å². The van der Waals surface area contributed by atoms with E-state index >= 15 is 0 Å². The lowest BCUT2D eigenvalue weighted by atomic mass is 10.1. The number of fused-ring (bicyclic) bond motifs is 1. The molecule has 0 bridgehead atoms. The number of anilines is 2. The zero-order valence-electron chi connectivity index (χ0n) is 18.1. The fourth-order valence-corrected chi connectivity index (χ4v) is 3.62. The molecule has 1 aliphatic rings. The molecule has 1 fully saturated rings. The van der Waals surface area contributed by atoms with Crippen LogP contribution in [0, 0.1) is 5.82 Å². The van der Waals surface area contributed by atoms with Crippen molar-refractivity contribution in [2.24, 2.45) is 0 Å². The molecule has 4 rings (SSSR count). The molecule has 0 unspecified atom stereocenters. The summed E-state index contributed by atoms with van der Waals surface area (Å²) in [4.78, 5) is 19.8. The van der Waals surface area contributed by atoms with Crippen LogP contribution in [0.15, 0.2) is 36.7 Å². The molecular formula is C23H24ClFN4O4. The minimum atomic E-state index is -0.497. The summed E-state index contributed by atoms with van der Waals surface area (Å²) in [6.07, 6.45) is 2.96. The van der Waals surface area contributed by atoms with Crippen LogP contribution in [0.3, 0.4) is 0 Å². The van der Waals surface area contributed by atoms with Crippen molar-refractivity contribution in [3.63, 3.8) is 0 Å². The summed E-state index contributed by atoms with van der Waals surface area (Å²) in [6.45, 7) is 3.37. The molecule has 0 radical (unpaired) electrons. The van der Waals surface area contributed by atoms with Gasteiger partial charge in [-0.2, -0.15) is 0 Å². The van der Waals surface area contributed by atoms with Crippen molar-refractivity contribution >= 4 is 39.9 Å². The minimum Gasteiger partial charge on any atom is -0.488 e. The van der Waals surface area contributed by atoms with E-state index in [0.717, 1.165) is 12.8 Å². The van der Waals surface area contributed by atoms with Gasteiger partial charge in [0, 0.05) is 36.9 Å². The van der Waals surface area contributed by atoms with Gasteiger partial charge in [0.1, 0.15) is 30.7 Å². The van der Waals surface area contributed by atoms with E-state index in [1.807, 2.05) is 6.07 Å². The van der Waals surface area contributed by atoms with Crippen LogP contribution in [0.4, 0.5) is 15.9 Å². The molecule has 2 aromatic carbocycles. The number of ether oxygens (including phenoxy) is 3. The highest BCUT2D eigenvalue weighted by Crippen LogP contribution is 2.36. The average Bonchev–Trinajstić information content (AvgIpc) is 2.80. The highest BCUT2D eigenvalue weighted by molar-refractivity contribution is 6.31. The summed E-state index contributed by atoms with van der Waals surface area (Å²) in [5, 5.41) is 6.58. The highest BCUT2D eigenvalue weighted by Gasteiger charge is 2.19. The predicted molar refractivity (Wildman–Crippen MR) is 123 cm³/mol. The molecule has 33 heavy (non-hydrogen) atoms. The van der Waals surface area contributed by atoms with Crippen molar-refractivity contribution in [2.75, 3.05) is 31.7 Å². The first kappa shape index (κ1) is 23.0. The van der Waals surface area contributed by atoms with Crippen LogP contribution >= 0.6 is 11.6 Å². The smallest absolute Gasteiger partial charge is 0.216 e. The van der Waals surface area contributed by atoms with Gasteiger partial charge in [0.15, 0.2) is 11.5 Å². The fourth-order valence-electron chi connectivity index (χ4n) is 3.44. The lowest BCUT2D eigenvalue weighted by molar-refractivity contribution is -0.119. The van der Waals surface area contributed by atoms with E-state index in [4.69, 9.17) is 25.8 Å². The van der Waals surface area contributed by atoms with E-state index < -0.39 is 5.82 Å². The molecular weight excluding hydrogens is 451 g/mol. The molecule has 0 atom stereocenters. The maximum absolute atomic E-state index is 13.5. The third kappa shape index (κ3) is 6.00. The van der Waals surface area contributed by atoms with Gasteiger partial charge in [0.25, 0.3) is 0 Å². The monoisotopic (exact) mass is 474 g/mol. The molecule has 8 nitrogen and oxygen atoms in total. The highest BCUT2D eigenvalue weighted by atomic mass is 35.5. The number of benzene rings is 2. The first-order valence-electron chi connectivity index (χ1n) is 10.6. The second kappa shape index (κ2) is 10.6. The summed E-state index contributed by atoms with van der Waals surface area (Å²) in [7, 11) is 0. The van der Waals surface area contributed by atoms with E-state index in [2.05, 4.69) is 20.6 Å². The molecule has 0 spiro atoms. The number of amides is 1. The lowest BCUT2D eigenvalue weighted by Crippen LogP contribution is -2.27. The number of aromatic nitrogens is 2. The summed E-state index contributed by atoms with van der Waals surface area (Å²) < 4.78 is 31.1. The van der Waals surface area contributed by atoms with Gasteiger partial charge >= 0.3 is 0 Å². The average molecular weight is 475 g/mol. The third-order valence-corrected chi connectivity index (χ3v) is 5.37. The van der Waals surface area contributed by atoms with Gasteiger partial charge in [-0.3, -0.25) is 4.79 Å². The predicted octanol–water partition coefficient (Wildman–Crippen LogP) is 4.24. The largest absolute Gasteiger partial charge is 0.488 e. The number of nitrogens with zero attached hydrogens (tertiary/aromatic N) is 2. The number of rotatable bonds is 8. The molecule has 1 aliphatic heterocycles. The Morgan fingerprint density at radius 2 is 2.03 bits per heavy atom. The molecule has 10 heteroatoms.